The minimum absolute atomic E-state index is 0.221. The highest BCUT2D eigenvalue weighted by molar-refractivity contribution is 5.79. The minimum atomic E-state index is 0.221. The van der Waals surface area contributed by atoms with Crippen molar-refractivity contribution >= 4 is 5.91 Å². The molecule has 0 aliphatic carbocycles. The quantitative estimate of drug-likeness (QED) is 0.932. The van der Waals surface area contributed by atoms with Gasteiger partial charge in [0, 0.05) is 24.4 Å². The van der Waals surface area contributed by atoms with E-state index in [9.17, 15) is 4.79 Å². The van der Waals surface area contributed by atoms with Gasteiger partial charge in [-0.1, -0.05) is 12.1 Å². The fourth-order valence-corrected chi connectivity index (χ4v) is 3.76. The smallest absolute Gasteiger partial charge is 0.226 e. The van der Waals surface area contributed by atoms with E-state index in [-0.39, 0.29) is 5.92 Å². The van der Waals surface area contributed by atoms with E-state index in [1.54, 1.807) is 7.11 Å². The van der Waals surface area contributed by atoms with E-state index in [0.29, 0.717) is 17.9 Å². The number of hydrogen-bond acceptors (Lipinski definition) is 3. The van der Waals surface area contributed by atoms with E-state index in [4.69, 9.17) is 4.74 Å². The van der Waals surface area contributed by atoms with Crippen molar-refractivity contribution < 1.29 is 9.53 Å². The van der Waals surface area contributed by atoms with Crippen molar-refractivity contribution in [3.8, 4) is 5.75 Å². The van der Waals surface area contributed by atoms with Gasteiger partial charge in [0.25, 0.3) is 0 Å². The fraction of sp³-hybridized carbons (Fsp3) is 0.611. The predicted molar refractivity (Wildman–Crippen MR) is 87.1 cm³/mol. The summed E-state index contributed by atoms with van der Waals surface area (Å²) < 4.78 is 5.22. The highest BCUT2D eigenvalue weighted by atomic mass is 16.5. The molecule has 1 amide bonds. The molecule has 2 atom stereocenters. The topological polar surface area (TPSA) is 41.6 Å². The van der Waals surface area contributed by atoms with Gasteiger partial charge in [-0.05, 0) is 57.0 Å². The molecule has 120 valence electrons. The number of carbonyl (C=O) groups excluding carboxylic acids is 1. The molecule has 0 unspecified atom stereocenters. The number of nitrogens with one attached hydrogen (secondary N) is 1. The average Bonchev–Trinajstić information content (AvgIpc) is 2.97. The lowest BCUT2D eigenvalue weighted by Gasteiger charge is -2.29. The average molecular weight is 302 g/mol. The Morgan fingerprint density at radius 3 is 2.55 bits per heavy atom. The van der Waals surface area contributed by atoms with Crippen LogP contribution in [0.15, 0.2) is 24.3 Å². The van der Waals surface area contributed by atoms with Crippen LogP contribution in [0.3, 0.4) is 0 Å². The molecule has 1 N–H and O–H groups in total. The Morgan fingerprint density at radius 1 is 1.23 bits per heavy atom. The molecule has 1 aromatic carbocycles. The number of nitrogens with zero attached hydrogens (tertiary/aromatic N) is 1. The van der Waals surface area contributed by atoms with Crippen molar-refractivity contribution in [2.45, 2.75) is 38.1 Å². The van der Waals surface area contributed by atoms with E-state index in [2.05, 4.69) is 29.3 Å². The Morgan fingerprint density at radius 2 is 1.91 bits per heavy atom. The first kappa shape index (κ1) is 15.3. The van der Waals surface area contributed by atoms with Crippen LogP contribution >= 0.6 is 0 Å². The fourth-order valence-electron chi connectivity index (χ4n) is 3.76. The number of amides is 1. The van der Waals surface area contributed by atoms with Crippen LogP contribution in [0.1, 0.15) is 37.7 Å². The van der Waals surface area contributed by atoms with Gasteiger partial charge in [-0.2, -0.15) is 0 Å². The molecule has 0 aromatic heterocycles. The molecular formula is C18H26N2O2. The molecule has 22 heavy (non-hydrogen) atoms. The first-order valence-electron chi connectivity index (χ1n) is 8.34. The summed E-state index contributed by atoms with van der Waals surface area (Å²) in [5.41, 5.74) is 1.31. The van der Waals surface area contributed by atoms with Gasteiger partial charge in [0.05, 0.1) is 7.11 Å². The Kier molecular flexibility index (Phi) is 4.67. The predicted octanol–water partition coefficient (Wildman–Crippen LogP) is 2.40. The van der Waals surface area contributed by atoms with Crippen LogP contribution in [0.4, 0.5) is 0 Å². The van der Waals surface area contributed by atoms with Crippen LogP contribution in [-0.2, 0) is 4.79 Å². The van der Waals surface area contributed by atoms with Crippen molar-refractivity contribution in [3.63, 3.8) is 0 Å². The molecule has 2 fully saturated rings. The zero-order chi connectivity index (χ0) is 15.5. The number of benzene rings is 1. The summed E-state index contributed by atoms with van der Waals surface area (Å²) in [6.07, 6.45) is 3.02. The lowest BCUT2D eigenvalue weighted by atomic mass is 9.96. The Labute approximate surface area is 132 Å². The largest absolute Gasteiger partial charge is 0.497 e. The lowest BCUT2D eigenvalue weighted by Crippen LogP contribution is -2.42. The second-order valence-corrected chi connectivity index (χ2v) is 6.57. The summed E-state index contributed by atoms with van der Waals surface area (Å²) in [5.74, 6) is 1.92. The van der Waals surface area contributed by atoms with Gasteiger partial charge < -0.3 is 15.0 Å². The SMILES string of the molecule is COc1ccc([C@@H]2C[C@H](C)N(C(=O)C3CCNCC3)C2)cc1. The maximum absolute atomic E-state index is 12.8. The van der Waals surface area contributed by atoms with Gasteiger partial charge >= 0.3 is 0 Å². The number of piperidine rings is 1. The maximum atomic E-state index is 12.8. The second-order valence-electron chi connectivity index (χ2n) is 6.57. The zero-order valence-electron chi connectivity index (χ0n) is 13.5. The first-order chi connectivity index (χ1) is 10.7. The molecule has 0 spiro atoms. The Hall–Kier alpha value is -1.55. The standard InChI is InChI=1S/C18H26N2O2/c1-13-11-16(14-3-5-17(22-2)6-4-14)12-20(13)18(21)15-7-9-19-10-8-15/h3-6,13,15-16,19H,7-12H2,1-2H3/t13-,16+/m0/s1. The molecule has 1 aromatic rings. The molecule has 0 radical (unpaired) electrons. The third-order valence-electron chi connectivity index (χ3n) is 5.13. The third-order valence-corrected chi connectivity index (χ3v) is 5.13. The van der Waals surface area contributed by atoms with Crippen molar-refractivity contribution in [1.29, 1.82) is 0 Å². The van der Waals surface area contributed by atoms with E-state index >= 15 is 0 Å². The van der Waals surface area contributed by atoms with Crippen molar-refractivity contribution in [3.05, 3.63) is 29.8 Å². The summed E-state index contributed by atoms with van der Waals surface area (Å²) in [6, 6.07) is 8.63. The summed E-state index contributed by atoms with van der Waals surface area (Å²) in [5, 5.41) is 3.33. The molecule has 4 nitrogen and oxygen atoms in total. The molecule has 0 saturated carbocycles. The molecule has 2 heterocycles. The summed E-state index contributed by atoms with van der Waals surface area (Å²) in [7, 11) is 1.69. The number of rotatable bonds is 3. The molecule has 4 heteroatoms. The van der Waals surface area contributed by atoms with Crippen LogP contribution in [0.25, 0.3) is 0 Å². The van der Waals surface area contributed by atoms with Crippen LogP contribution < -0.4 is 10.1 Å². The number of ether oxygens (including phenoxy) is 1. The number of hydrogen-bond donors (Lipinski definition) is 1. The number of carbonyl (C=O) groups is 1. The Balaban J connectivity index is 1.66. The maximum Gasteiger partial charge on any atom is 0.226 e. The molecule has 3 rings (SSSR count). The summed E-state index contributed by atoms with van der Waals surface area (Å²) in [4.78, 5) is 14.9. The molecule has 2 aliphatic rings. The lowest BCUT2D eigenvalue weighted by molar-refractivity contribution is -0.136. The van der Waals surface area contributed by atoms with E-state index in [1.165, 1.54) is 5.56 Å². The first-order valence-corrected chi connectivity index (χ1v) is 8.34. The third kappa shape index (κ3) is 3.12. The number of methoxy groups -OCH3 is 1. The van der Waals surface area contributed by atoms with Crippen LogP contribution in [-0.4, -0.2) is 43.6 Å². The molecular weight excluding hydrogens is 276 g/mol. The van der Waals surface area contributed by atoms with Gasteiger partial charge in [-0.15, -0.1) is 0 Å². The second kappa shape index (κ2) is 6.69. The van der Waals surface area contributed by atoms with Crippen molar-refractivity contribution in [2.24, 2.45) is 5.92 Å². The van der Waals surface area contributed by atoms with Gasteiger partial charge in [-0.25, -0.2) is 0 Å². The van der Waals surface area contributed by atoms with E-state index in [1.807, 2.05) is 12.1 Å². The van der Waals surface area contributed by atoms with Gasteiger partial charge in [0.2, 0.25) is 5.91 Å². The molecule has 0 bridgehead atoms. The van der Waals surface area contributed by atoms with Crippen LogP contribution in [0.2, 0.25) is 0 Å². The van der Waals surface area contributed by atoms with E-state index in [0.717, 1.165) is 44.6 Å². The minimum Gasteiger partial charge on any atom is -0.497 e. The molecule has 2 saturated heterocycles. The van der Waals surface area contributed by atoms with Gasteiger partial charge in [-0.3, -0.25) is 4.79 Å². The zero-order valence-corrected chi connectivity index (χ0v) is 13.5. The van der Waals surface area contributed by atoms with Gasteiger partial charge in [0.1, 0.15) is 5.75 Å². The monoisotopic (exact) mass is 302 g/mol. The summed E-state index contributed by atoms with van der Waals surface area (Å²) in [6.45, 7) is 4.99. The van der Waals surface area contributed by atoms with Crippen molar-refractivity contribution in [2.75, 3.05) is 26.7 Å². The van der Waals surface area contributed by atoms with Crippen LogP contribution in [0, 0.1) is 5.92 Å². The van der Waals surface area contributed by atoms with Crippen molar-refractivity contribution in [1.82, 2.24) is 10.2 Å². The van der Waals surface area contributed by atoms with Gasteiger partial charge in [0.15, 0.2) is 0 Å². The summed E-state index contributed by atoms with van der Waals surface area (Å²) >= 11 is 0. The normalized spacial score (nSPS) is 26.2. The highest BCUT2D eigenvalue weighted by Crippen LogP contribution is 2.34. The van der Waals surface area contributed by atoms with E-state index < -0.39 is 0 Å². The Bertz CT molecular complexity index is 508. The van der Waals surface area contributed by atoms with Crippen LogP contribution in [0.5, 0.6) is 5.75 Å². The number of likely N-dealkylation sites (tertiary alicyclic amines) is 1. The highest BCUT2D eigenvalue weighted by Gasteiger charge is 2.36. The molecule has 2 aliphatic heterocycles.